The lowest BCUT2D eigenvalue weighted by Gasteiger charge is -2.29. The van der Waals surface area contributed by atoms with Crippen LogP contribution in [0.25, 0.3) is 0 Å². The first kappa shape index (κ1) is 21.6. The maximum Gasteiger partial charge on any atom is 0.242 e. The molecule has 150 valence electrons. The summed E-state index contributed by atoms with van der Waals surface area (Å²) in [7, 11) is 0. The fraction of sp³-hybridized carbons (Fsp3) is 0.391. The van der Waals surface area contributed by atoms with Crippen molar-refractivity contribution in [2.24, 2.45) is 5.92 Å². The summed E-state index contributed by atoms with van der Waals surface area (Å²) >= 11 is 0. The molecule has 0 spiro atoms. The number of hydrogen-bond donors (Lipinski definition) is 1. The minimum absolute atomic E-state index is 0.137. The van der Waals surface area contributed by atoms with E-state index in [1.165, 1.54) is 12.1 Å². The van der Waals surface area contributed by atoms with Crippen molar-refractivity contribution in [3.8, 4) is 0 Å². The second-order valence-electron chi connectivity index (χ2n) is 7.46. The predicted molar refractivity (Wildman–Crippen MR) is 109 cm³/mol. The van der Waals surface area contributed by atoms with Gasteiger partial charge in [-0.25, -0.2) is 4.39 Å². The number of amides is 2. The molecule has 0 aliphatic carbocycles. The highest BCUT2D eigenvalue weighted by Gasteiger charge is 2.26. The molecule has 1 atom stereocenters. The van der Waals surface area contributed by atoms with Crippen LogP contribution in [0.2, 0.25) is 0 Å². The molecule has 2 aromatic rings. The van der Waals surface area contributed by atoms with E-state index in [9.17, 15) is 14.0 Å². The van der Waals surface area contributed by atoms with Crippen LogP contribution < -0.4 is 5.32 Å². The van der Waals surface area contributed by atoms with Gasteiger partial charge < -0.3 is 10.2 Å². The van der Waals surface area contributed by atoms with Crippen molar-refractivity contribution < 1.29 is 14.0 Å². The third-order valence-electron chi connectivity index (χ3n) is 4.65. The molecule has 0 bridgehead atoms. The third kappa shape index (κ3) is 6.80. The summed E-state index contributed by atoms with van der Waals surface area (Å²) in [4.78, 5) is 27.1. The van der Waals surface area contributed by atoms with E-state index >= 15 is 0 Å². The molecule has 4 nitrogen and oxygen atoms in total. The minimum atomic E-state index is -0.617. The van der Waals surface area contributed by atoms with Crippen LogP contribution in [0, 0.1) is 11.7 Å². The maximum absolute atomic E-state index is 13.2. The van der Waals surface area contributed by atoms with Crippen molar-refractivity contribution in [2.45, 2.75) is 46.2 Å². The number of rotatable bonds is 9. The number of nitrogens with zero attached hydrogens (tertiary/aromatic N) is 1. The molecule has 2 aromatic carbocycles. The fourth-order valence-corrected chi connectivity index (χ4v) is 2.87. The molecule has 0 heterocycles. The Morgan fingerprint density at radius 3 is 2.21 bits per heavy atom. The molecule has 0 aliphatic heterocycles. The topological polar surface area (TPSA) is 49.4 Å². The number of hydrogen-bond acceptors (Lipinski definition) is 2. The van der Waals surface area contributed by atoms with Crippen molar-refractivity contribution >= 4 is 11.8 Å². The average molecular weight is 384 g/mol. The SMILES string of the molecule is CC(C)CCNC(=O)C(C)N(Cc1ccc(F)cc1)C(=O)Cc1ccccc1. The lowest BCUT2D eigenvalue weighted by molar-refractivity contribution is -0.140. The molecule has 0 aromatic heterocycles. The Labute approximate surface area is 166 Å². The second kappa shape index (κ2) is 10.6. The molecule has 2 rings (SSSR count). The molecule has 0 fully saturated rings. The van der Waals surface area contributed by atoms with Gasteiger partial charge in [0.15, 0.2) is 0 Å². The minimum Gasteiger partial charge on any atom is -0.354 e. The molecule has 0 aliphatic rings. The first-order valence-electron chi connectivity index (χ1n) is 9.72. The van der Waals surface area contributed by atoms with Crippen molar-refractivity contribution in [3.05, 3.63) is 71.5 Å². The Hall–Kier alpha value is -2.69. The van der Waals surface area contributed by atoms with Gasteiger partial charge in [-0.2, -0.15) is 0 Å². The first-order chi connectivity index (χ1) is 13.4. The Bertz CT molecular complexity index is 760. The number of nitrogens with one attached hydrogen (secondary N) is 1. The van der Waals surface area contributed by atoms with Gasteiger partial charge in [0.05, 0.1) is 6.42 Å². The van der Waals surface area contributed by atoms with Gasteiger partial charge in [0, 0.05) is 13.1 Å². The number of benzene rings is 2. The van der Waals surface area contributed by atoms with E-state index < -0.39 is 6.04 Å². The third-order valence-corrected chi connectivity index (χ3v) is 4.65. The molecule has 0 saturated heterocycles. The Morgan fingerprint density at radius 2 is 1.61 bits per heavy atom. The normalized spacial score (nSPS) is 11.9. The summed E-state index contributed by atoms with van der Waals surface area (Å²) < 4.78 is 13.2. The van der Waals surface area contributed by atoms with Gasteiger partial charge in [-0.15, -0.1) is 0 Å². The van der Waals surface area contributed by atoms with E-state index in [4.69, 9.17) is 0 Å². The van der Waals surface area contributed by atoms with Crippen LogP contribution in [-0.4, -0.2) is 29.3 Å². The summed E-state index contributed by atoms with van der Waals surface area (Å²) in [6.45, 7) is 6.76. The lowest BCUT2D eigenvalue weighted by Crippen LogP contribution is -2.48. The lowest BCUT2D eigenvalue weighted by atomic mass is 10.1. The van der Waals surface area contributed by atoms with E-state index in [1.54, 1.807) is 24.0 Å². The van der Waals surface area contributed by atoms with E-state index in [-0.39, 0.29) is 30.6 Å². The first-order valence-corrected chi connectivity index (χ1v) is 9.72. The van der Waals surface area contributed by atoms with Gasteiger partial charge >= 0.3 is 0 Å². The van der Waals surface area contributed by atoms with Crippen molar-refractivity contribution in [1.29, 1.82) is 0 Å². The average Bonchev–Trinajstić information content (AvgIpc) is 2.67. The van der Waals surface area contributed by atoms with Crippen LogP contribution >= 0.6 is 0 Å². The van der Waals surface area contributed by atoms with Crippen LogP contribution in [0.1, 0.15) is 38.3 Å². The highest BCUT2D eigenvalue weighted by molar-refractivity contribution is 5.88. The van der Waals surface area contributed by atoms with E-state index in [0.717, 1.165) is 17.5 Å². The van der Waals surface area contributed by atoms with E-state index in [1.807, 2.05) is 30.3 Å². The summed E-state index contributed by atoms with van der Waals surface area (Å²) in [6, 6.07) is 14.8. The Kier molecular flexibility index (Phi) is 8.18. The second-order valence-corrected chi connectivity index (χ2v) is 7.46. The van der Waals surface area contributed by atoms with Crippen LogP contribution in [0.3, 0.4) is 0 Å². The van der Waals surface area contributed by atoms with Crippen LogP contribution in [-0.2, 0) is 22.6 Å². The van der Waals surface area contributed by atoms with Crippen LogP contribution in [0.5, 0.6) is 0 Å². The Balaban J connectivity index is 2.13. The molecule has 5 heteroatoms. The molecule has 0 radical (unpaired) electrons. The van der Waals surface area contributed by atoms with Gasteiger partial charge in [0.2, 0.25) is 11.8 Å². The summed E-state index contributed by atoms with van der Waals surface area (Å²) in [5, 5.41) is 2.92. The molecule has 1 unspecified atom stereocenters. The quantitative estimate of drug-likeness (QED) is 0.712. The number of halogens is 1. The number of carbonyl (C=O) groups excluding carboxylic acids is 2. The largest absolute Gasteiger partial charge is 0.354 e. The standard InChI is InChI=1S/C23H29FN2O2/c1-17(2)13-14-25-23(28)18(3)26(16-20-9-11-21(24)12-10-20)22(27)15-19-7-5-4-6-8-19/h4-12,17-18H,13-16H2,1-3H3,(H,25,28). The van der Waals surface area contributed by atoms with Crippen molar-refractivity contribution in [1.82, 2.24) is 10.2 Å². The molecule has 0 saturated carbocycles. The van der Waals surface area contributed by atoms with Crippen molar-refractivity contribution in [2.75, 3.05) is 6.54 Å². The molecular weight excluding hydrogens is 355 g/mol. The zero-order chi connectivity index (χ0) is 20.5. The number of carbonyl (C=O) groups is 2. The highest BCUT2D eigenvalue weighted by atomic mass is 19.1. The predicted octanol–water partition coefficient (Wildman–Crippen LogP) is 3.95. The van der Waals surface area contributed by atoms with Gasteiger partial charge in [-0.3, -0.25) is 9.59 Å². The molecule has 28 heavy (non-hydrogen) atoms. The smallest absolute Gasteiger partial charge is 0.242 e. The monoisotopic (exact) mass is 384 g/mol. The summed E-state index contributed by atoms with van der Waals surface area (Å²) in [5.41, 5.74) is 1.67. The van der Waals surface area contributed by atoms with Crippen molar-refractivity contribution in [3.63, 3.8) is 0 Å². The molecular formula is C23H29FN2O2. The van der Waals surface area contributed by atoms with E-state index in [0.29, 0.717) is 12.5 Å². The Morgan fingerprint density at radius 1 is 0.964 bits per heavy atom. The molecule has 1 N–H and O–H groups in total. The highest BCUT2D eigenvalue weighted by Crippen LogP contribution is 2.13. The van der Waals surface area contributed by atoms with Crippen LogP contribution in [0.4, 0.5) is 4.39 Å². The maximum atomic E-state index is 13.2. The summed E-state index contributed by atoms with van der Waals surface area (Å²) in [5.74, 6) is -0.151. The van der Waals surface area contributed by atoms with Crippen LogP contribution in [0.15, 0.2) is 54.6 Å². The zero-order valence-electron chi connectivity index (χ0n) is 16.8. The summed E-state index contributed by atoms with van der Waals surface area (Å²) in [6.07, 6.45) is 1.10. The van der Waals surface area contributed by atoms with Gasteiger partial charge in [0.1, 0.15) is 11.9 Å². The van der Waals surface area contributed by atoms with Gasteiger partial charge in [0.25, 0.3) is 0 Å². The van der Waals surface area contributed by atoms with E-state index in [2.05, 4.69) is 19.2 Å². The molecule has 2 amide bonds. The van der Waals surface area contributed by atoms with Gasteiger partial charge in [-0.1, -0.05) is 56.3 Å². The zero-order valence-corrected chi connectivity index (χ0v) is 16.8. The fourth-order valence-electron chi connectivity index (χ4n) is 2.87. The van der Waals surface area contributed by atoms with Gasteiger partial charge in [-0.05, 0) is 42.5 Å².